The monoisotopic (exact) mass is 321 g/mol. The number of sulfone groups is 1. The second-order valence-electron chi connectivity index (χ2n) is 4.50. The van der Waals surface area contributed by atoms with Crippen LogP contribution in [0.15, 0.2) is 12.1 Å². The summed E-state index contributed by atoms with van der Waals surface area (Å²) in [5.41, 5.74) is 0.860. The maximum Gasteiger partial charge on any atom is 0.179 e. The van der Waals surface area contributed by atoms with Gasteiger partial charge in [0.25, 0.3) is 0 Å². The second kappa shape index (κ2) is 7.15. The summed E-state index contributed by atoms with van der Waals surface area (Å²) in [7, 11) is 1.82. The van der Waals surface area contributed by atoms with Crippen LogP contribution in [0, 0.1) is 0 Å². The standard InChI is InChI=1S/C13H20ClNO4S/c1-15-11(5-6-20(4,16)17)9-7-10(14)13(19-3)12(8-9)18-2/h7-8,11,15H,5-6H2,1-4H3. The van der Waals surface area contributed by atoms with Crippen LogP contribution in [0.1, 0.15) is 18.0 Å². The molecule has 0 bridgehead atoms. The van der Waals surface area contributed by atoms with Crippen molar-refractivity contribution in [3.63, 3.8) is 0 Å². The maximum absolute atomic E-state index is 11.3. The first-order valence-electron chi connectivity index (χ1n) is 6.08. The Morgan fingerprint density at radius 1 is 1.30 bits per heavy atom. The lowest BCUT2D eigenvalue weighted by molar-refractivity contribution is 0.354. The molecule has 0 aliphatic heterocycles. The third-order valence-corrected chi connectivity index (χ3v) is 4.24. The summed E-state index contributed by atoms with van der Waals surface area (Å²) >= 11 is 6.15. The molecule has 5 nitrogen and oxygen atoms in total. The Morgan fingerprint density at radius 2 is 1.95 bits per heavy atom. The van der Waals surface area contributed by atoms with Gasteiger partial charge >= 0.3 is 0 Å². The zero-order valence-corrected chi connectivity index (χ0v) is 13.6. The number of hydrogen-bond donors (Lipinski definition) is 1. The molecule has 0 aromatic heterocycles. The van der Waals surface area contributed by atoms with E-state index in [0.29, 0.717) is 22.9 Å². The molecule has 1 rings (SSSR count). The van der Waals surface area contributed by atoms with Crippen molar-refractivity contribution in [2.45, 2.75) is 12.5 Å². The minimum Gasteiger partial charge on any atom is -0.493 e. The number of nitrogens with one attached hydrogen (secondary N) is 1. The predicted molar refractivity (Wildman–Crippen MR) is 80.7 cm³/mol. The fraction of sp³-hybridized carbons (Fsp3) is 0.538. The van der Waals surface area contributed by atoms with Gasteiger partial charge in [0.1, 0.15) is 9.84 Å². The summed E-state index contributed by atoms with van der Waals surface area (Å²) in [6.45, 7) is 0. The summed E-state index contributed by atoms with van der Waals surface area (Å²) in [6, 6.07) is 3.43. The largest absolute Gasteiger partial charge is 0.493 e. The van der Waals surface area contributed by atoms with Crippen molar-refractivity contribution in [3.8, 4) is 11.5 Å². The van der Waals surface area contributed by atoms with Crippen molar-refractivity contribution in [1.29, 1.82) is 0 Å². The van der Waals surface area contributed by atoms with Crippen LogP contribution in [0.25, 0.3) is 0 Å². The van der Waals surface area contributed by atoms with Gasteiger partial charge in [0.2, 0.25) is 0 Å². The highest BCUT2D eigenvalue weighted by molar-refractivity contribution is 7.90. The lowest BCUT2D eigenvalue weighted by Gasteiger charge is -2.19. The quantitative estimate of drug-likeness (QED) is 0.832. The summed E-state index contributed by atoms with van der Waals surface area (Å²) in [5, 5.41) is 3.52. The first-order chi connectivity index (χ1) is 9.32. The Kier molecular flexibility index (Phi) is 6.10. The van der Waals surface area contributed by atoms with Gasteiger partial charge in [-0.05, 0) is 31.2 Å². The Hall–Kier alpha value is -0.980. The maximum atomic E-state index is 11.3. The first-order valence-corrected chi connectivity index (χ1v) is 8.52. The Bertz CT molecular complexity index is 560. The van der Waals surface area contributed by atoms with Crippen molar-refractivity contribution in [1.82, 2.24) is 5.32 Å². The zero-order valence-electron chi connectivity index (χ0n) is 12.1. The molecule has 1 unspecified atom stereocenters. The van der Waals surface area contributed by atoms with Crippen LogP contribution in [0.3, 0.4) is 0 Å². The molecular weight excluding hydrogens is 302 g/mol. The van der Waals surface area contributed by atoms with Gasteiger partial charge in [-0.1, -0.05) is 11.6 Å². The Balaban J connectivity index is 3.07. The van der Waals surface area contributed by atoms with E-state index in [1.807, 2.05) is 0 Å². The molecule has 0 fully saturated rings. The molecule has 1 aromatic carbocycles. The molecule has 0 aliphatic rings. The van der Waals surface area contributed by atoms with Gasteiger partial charge in [-0.2, -0.15) is 0 Å². The topological polar surface area (TPSA) is 64.6 Å². The van der Waals surface area contributed by atoms with E-state index in [9.17, 15) is 8.42 Å². The van der Waals surface area contributed by atoms with E-state index in [1.54, 1.807) is 19.2 Å². The van der Waals surface area contributed by atoms with E-state index in [4.69, 9.17) is 21.1 Å². The highest BCUT2D eigenvalue weighted by atomic mass is 35.5. The molecule has 0 saturated carbocycles. The molecule has 1 aromatic rings. The van der Waals surface area contributed by atoms with E-state index >= 15 is 0 Å². The van der Waals surface area contributed by atoms with Crippen LogP contribution in [0.4, 0.5) is 0 Å². The molecule has 114 valence electrons. The van der Waals surface area contributed by atoms with E-state index in [0.717, 1.165) is 5.56 Å². The summed E-state index contributed by atoms with van der Waals surface area (Å²) in [5.74, 6) is 1.09. The van der Waals surface area contributed by atoms with Gasteiger partial charge in [0, 0.05) is 12.3 Å². The van der Waals surface area contributed by atoms with Gasteiger partial charge in [0.05, 0.1) is 25.0 Å². The van der Waals surface area contributed by atoms with E-state index in [-0.39, 0.29) is 11.8 Å². The number of hydrogen-bond acceptors (Lipinski definition) is 5. The van der Waals surface area contributed by atoms with Crippen molar-refractivity contribution in [2.24, 2.45) is 0 Å². The summed E-state index contributed by atoms with van der Waals surface area (Å²) in [4.78, 5) is 0. The van der Waals surface area contributed by atoms with Crippen LogP contribution in [-0.2, 0) is 9.84 Å². The molecule has 0 radical (unpaired) electrons. The third kappa shape index (κ3) is 4.54. The van der Waals surface area contributed by atoms with Crippen molar-refractivity contribution in [2.75, 3.05) is 33.3 Å². The molecule has 20 heavy (non-hydrogen) atoms. The smallest absolute Gasteiger partial charge is 0.179 e. The molecular formula is C13H20ClNO4S. The fourth-order valence-corrected chi connectivity index (χ4v) is 2.91. The lowest BCUT2D eigenvalue weighted by atomic mass is 10.0. The second-order valence-corrected chi connectivity index (χ2v) is 7.17. The minimum atomic E-state index is -3.00. The van der Waals surface area contributed by atoms with Crippen molar-refractivity contribution < 1.29 is 17.9 Å². The average molecular weight is 322 g/mol. The number of ether oxygens (including phenoxy) is 2. The van der Waals surface area contributed by atoms with Crippen molar-refractivity contribution in [3.05, 3.63) is 22.7 Å². The van der Waals surface area contributed by atoms with E-state index < -0.39 is 9.84 Å². The normalized spacial score (nSPS) is 13.1. The lowest BCUT2D eigenvalue weighted by Crippen LogP contribution is -2.20. The highest BCUT2D eigenvalue weighted by Gasteiger charge is 2.17. The zero-order chi connectivity index (χ0) is 15.3. The molecule has 1 atom stereocenters. The number of methoxy groups -OCH3 is 2. The predicted octanol–water partition coefficient (Wildman–Crippen LogP) is 2.05. The average Bonchev–Trinajstić information content (AvgIpc) is 2.37. The molecule has 0 spiro atoms. The first kappa shape index (κ1) is 17.1. The van der Waals surface area contributed by atoms with Crippen LogP contribution in [0.5, 0.6) is 11.5 Å². The number of rotatable bonds is 7. The van der Waals surface area contributed by atoms with Crippen LogP contribution < -0.4 is 14.8 Å². The molecule has 7 heteroatoms. The van der Waals surface area contributed by atoms with Gasteiger partial charge in [-0.3, -0.25) is 0 Å². The van der Waals surface area contributed by atoms with E-state index in [1.165, 1.54) is 20.5 Å². The Labute approximate surface area is 125 Å². The molecule has 0 heterocycles. The van der Waals surface area contributed by atoms with Gasteiger partial charge in [-0.25, -0.2) is 8.42 Å². The molecule has 0 aliphatic carbocycles. The SMILES string of the molecule is CNC(CCS(C)(=O)=O)c1cc(Cl)c(OC)c(OC)c1. The summed E-state index contributed by atoms with van der Waals surface area (Å²) < 4.78 is 33.0. The third-order valence-electron chi connectivity index (χ3n) is 2.98. The molecule has 1 N–H and O–H groups in total. The van der Waals surface area contributed by atoms with E-state index in [2.05, 4.69) is 5.32 Å². The Morgan fingerprint density at radius 3 is 2.40 bits per heavy atom. The fourth-order valence-electron chi connectivity index (χ4n) is 1.95. The van der Waals surface area contributed by atoms with Gasteiger partial charge in [-0.15, -0.1) is 0 Å². The van der Waals surface area contributed by atoms with Crippen LogP contribution in [0.2, 0.25) is 5.02 Å². The molecule has 0 amide bonds. The van der Waals surface area contributed by atoms with Crippen LogP contribution in [-0.4, -0.2) is 41.7 Å². The number of benzene rings is 1. The van der Waals surface area contributed by atoms with Gasteiger partial charge in [0.15, 0.2) is 11.5 Å². The minimum absolute atomic E-state index is 0.102. The summed E-state index contributed by atoms with van der Waals surface area (Å²) in [6.07, 6.45) is 1.68. The van der Waals surface area contributed by atoms with Crippen molar-refractivity contribution >= 4 is 21.4 Å². The molecule has 0 saturated heterocycles. The van der Waals surface area contributed by atoms with Crippen LogP contribution >= 0.6 is 11.6 Å². The highest BCUT2D eigenvalue weighted by Crippen LogP contribution is 2.38. The van der Waals surface area contributed by atoms with Gasteiger partial charge < -0.3 is 14.8 Å². The number of halogens is 1.